The van der Waals surface area contributed by atoms with Gasteiger partial charge in [0.15, 0.2) is 0 Å². The molecule has 0 saturated carbocycles. The van der Waals surface area contributed by atoms with Crippen molar-refractivity contribution in [3.8, 4) is 5.75 Å². The first-order valence-corrected chi connectivity index (χ1v) is 13.5. The standard InChI is InChI=1S/C28H37NO6S/c1-2-3-4-5-6-7-8-9-10-11-20-35-24-17-18-25(29-23(24)16-19-26(30)31)36-28(34)22-14-12-21(13-15-22)27(32)33/h12-19,28,34H,2-11,20H2,1H3,(H,30,31)(H,32,33). The van der Waals surface area contributed by atoms with E-state index in [4.69, 9.17) is 14.9 Å². The summed E-state index contributed by atoms with van der Waals surface area (Å²) in [4.78, 5) is 26.5. The summed E-state index contributed by atoms with van der Waals surface area (Å²) < 4.78 is 5.89. The maximum Gasteiger partial charge on any atom is 0.335 e. The molecule has 1 aromatic heterocycles. The van der Waals surface area contributed by atoms with Crippen LogP contribution in [0.5, 0.6) is 5.75 Å². The van der Waals surface area contributed by atoms with Gasteiger partial charge >= 0.3 is 11.9 Å². The number of ether oxygens (including phenoxy) is 1. The largest absolute Gasteiger partial charge is 0.491 e. The van der Waals surface area contributed by atoms with Crippen LogP contribution in [0.4, 0.5) is 0 Å². The second kappa shape index (κ2) is 16.8. The molecule has 2 rings (SSSR count). The molecule has 8 heteroatoms. The van der Waals surface area contributed by atoms with Crippen molar-refractivity contribution in [3.63, 3.8) is 0 Å². The number of nitrogens with zero attached hydrogens (tertiary/aromatic N) is 1. The predicted molar refractivity (Wildman–Crippen MR) is 142 cm³/mol. The van der Waals surface area contributed by atoms with Gasteiger partial charge in [-0.3, -0.25) is 0 Å². The number of aliphatic hydroxyl groups excluding tert-OH is 1. The highest BCUT2D eigenvalue weighted by Gasteiger charge is 2.14. The monoisotopic (exact) mass is 515 g/mol. The van der Waals surface area contributed by atoms with E-state index in [0.29, 0.717) is 28.6 Å². The third-order valence-electron chi connectivity index (χ3n) is 5.67. The van der Waals surface area contributed by atoms with Crippen molar-refractivity contribution in [1.82, 2.24) is 4.98 Å². The number of carboxylic acids is 2. The fraction of sp³-hybridized carbons (Fsp3) is 0.464. The van der Waals surface area contributed by atoms with Gasteiger partial charge in [-0.15, -0.1) is 0 Å². The molecule has 0 aliphatic heterocycles. The second-order valence-corrected chi connectivity index (χ2v) is 9.73. The highest BCUT2D eigenvalue weighted by atomic mass is 32.2. The van der Waals surface area contributed by atoms with Gasteiger partial charge in [0.25, 0.3) is 0 Å². The normalized spacial score (nSPS) is 12.1. The molecule has 1 heterocycles. The van der Waals surface area contributed by atoms with Crippen molar-refractivity contribution in [1.29, 1.82) is 0 Å². The van der Waals surface area contributed by atoms with E-state index in [2.05, 4.69) is 11.9 Å². The van der Waals surface area contributed by atoms with Crippen LogP contribution in [0.15, 0.2) is 47.5 Å². The predicted octanol–water partition coefficient (Wildman–Crippen LogP) is 6.96. The molecule has 36 heavy (non-hydrogen) atoms. The minimum absolute atomic E-state index is 0.138. The molecule has 2 aromatic rings. The lowest BCUT2D eigenvalue weighted by Gasteiger charge is -2.13. The van der Waals surface area contributed by atoms with Crippen LogP contribution in [-0.2, 0) is 4.79 Å². The average Bonchev–Trinajstić information content (AvgIpc) is 2.86. The molecule has 1 atom stereocenters. The molecule has 0 bridgehead atoms. The molecule has 0 radical (unpaired) electrons. The summed E-state index contributed by atoms with van der Waals surface area (Å²) >= 11 is 1.07. The minimum atomic E-state index is -1.09. The van der Waals surface area contributed by atoms with Crippen molar-refractivity contribution < 1.29 is 29.6 Å². The zero-order valence-corrected chi connectivity index (χ0v) is 21.7. The molecule has 196 valence electrons. The number of benzene rings is 1. The van der Waals surface area contributed by atoms with E-state index >= 15 is 0 Å². The summed E-state index contributed by atoms with van der Waals surface area (Å²) in [7, 11) is 0. The molecule has 0 spiro atoms. The first-order chi connectivity index (χ1) is 17.4. The van der Waals surface area contributed by atoms with Crippen LogP contribution in [0.3, 0.4) is 0 Å². The molecule has 0 aliphatic carbocycles. The van der Waals surface area contributed by atoms with Gasteiger partial charge in [-0.1, -0.05) is 88.6 Å². The van der Waals surface area contributed by atoms with E-state index in [1.54, 1.807) is 24.3 Å². The van der Waals surface area contributed by atoms with Gasteiger partial charge in [0, 0.05) is 6.08 Å². The summed E-state index contributed by atoms with van der Waals surface area (Å²) in [6.45, 7) is 2.76. The second-order valence-electron chi connectivity index (χ2n) is 8.63. The molecule has 1 unspecified atom stereocenters. The van der Waals surface area contributed by atoms with E-state index in [1.807, 2.05) is 0 Å². The Kier molecular flexibility index (Phi) is 13.7. The van der Waals surface area contributed by atoms with Crippen molar-refractivity contribution in [2.45, 2.75) is 81.6 Å². The Morgan fingerprint density at radius 3 is 2.11 bits per heavy atom. The van der Waals surface area contributed by atoms with Gasteiger partial charge in [0.05, 0.1) is 17.2 Å². The number of aromatic carboxylic acids is 1. The van der Waals surface area contributed by atoms with Crippen LogP contribution in [0.25, 0.3) is 6.08 Å². The van der Waals surface area contributed by atoms with Gasteiger partial charge in [-0.05, 0) is 42.3 Å². The Hall–Kier alpha value is -2.84. The number of aliphatic carboxylic acids is 1. The smallest absolute Gasteiger partial charge is 0.335 e. The molecular formula is C28H37NO6S. The number of aromatic nitrogens is 1. The van der Waals surface area contributed by atoms with Gasteiger partial charge in [-0.2, -0.15) is 0 Å². The quantitative estimate of drug-likeness (QED) is 0.0844. The topological polar surface area (TPSA) is 117 Å². The lowest BCUT2D eigenvalue weighted by atomic mass is 10.1. The van der Waals surface area contributed by atoms with Crippen molar-refractivity contribution in [3.05, 3.63) is 59.3 Å². The highest BCUT2D eigenvalue weighted by Crippen LogP contribution is 2.34. The van der Waals surface area contributed by atoms with Crippen molar-refractivity contribution >= 4 is 29.8 Å². The van der Waals surface area contributed by atoms with E-state index < -0.39 is 17.4 Å². The summed E-state index contributed by atoms with van der Waals surface area (Å²) in [5, 5.41) is 29.1. The first-order valence-electron chi connectivity index (χ1n) is 12.6. The van der Waals surface area contributed by atoms with Crippen LogP contribution in [0.2, 0.25) is 0 Å². The van der Waals surface area contributed by atoms with E-state index in [9.17, 15) is 14.7 Å². The Labute approximate surface area is 217 Å². The fourth-order valence-electron chi connectivity index (χ4n) is 3.65. The maximum absolute atomic E-state index is 11.0. The Morgan fingerprint density at radius 1 is 0.917 bits per heavy atom. The number of rotatable bonds is 18. The average molecular weight is 516 g/mol. The lowest BCUT2D eigenvalue weighted by Crippen LogP contribution is -2.02. The lowest BCUT2D eigenvalue weighted by molar-refractivity contribution is -0.131. The van der Waals surface area contributed by atoms with Crippen LogP contribution < -0.4 is 4.74 Å². The van der Waals surface area contributed by atoms with Gasteiger partial charge < -0.3 is 20.1 Å². The van der Waals surface area contributed by atoms with E-state index in [0.717, 1.165) is 30.7 Å². The third-order valence-corrected chi connectivity index (χ3v) is 6.64. The van der Waals surface area contributed by atoms with E-state index in [-0.39, 0.29) is 5.56 Å². The number of carbonyl (C=O) groups is 2. The fourth-order valence-corrected chi connectivity index (χ4v) is 4.46. The zero-order valence-electron chi connectivity index (χ0n) is 20.9. The van der Waals surface area contributed by atoms with Crippen LogP contribution in [-0.4, -0.2) is 38.8 Å². The summed E-state index contributed by atoms with van der Waals surface area (Å²) in [5.41, 5.74) is 0.0905. The van der Waals surface area contributed by atoms with Crippen LogP contribution >= 0.6 is 11.8 Å². The number of aliphatic hydroxyl groups is 1. The SMILES string of the molecule is CCCCCCCCCCCCOc1ccc(SC(O)c2ccc(C(=O)O)cc2)nc1C=CC(=O)O. The minimum Gasteiger partial charge on any atom is -0.491 e. The van der Waals surface area contributed by atoms with Gasteiger partial charge in [0.1, 0.15) is 16.9 Å². The molecule has 0 fully saturated rings. The zero-order chi connectivity index (χ0) is 26.2. The number of hydrogen-bond acceptors (Lipinski definition) is 6. The molecule has 1 aromatic carbocycles. The number of thioether (sulfide) groups is 1. The molecule has 0 amide bonds. The number of carboxylic acid groups (broad SMARTS) is 2. The third kappa shape index (κ3) is 11.3. The molecule has 7 nitrogen and oxygen atoms in total. The van der Waals surface area contributed by atoms with Crippen molar-refractivity contribution in [2.24, 2.45) is 0 Å². The Bertz CT molecular complexity index is 977. The number of hydrogen-bond donors (Lipinski definition) is 3. The van der Waals surface area contributed by atoms with Crippen LogP contribution in [0.1, 0.15) is 98.2 Å². The molecule has 0 saturated heterocycles. The molecular weight excluding hydrogens is 478 g/mol. The highest BCUT2D eigenvalue weighted by molar-refractivity contribution is 7.99. The number of unbranched alkanes of at least 4 members (excludes halogenated alkanes) is 9. The van der Waals surface area contributed by atoms with Crippen molar-refractivity contribution in [2.75, 3.05) is 6.61 Å². The molecule has 0 aliphatic rings. The van der Waals surface area contributed by atoms with E-state index in [1.165, 1.54) is 69.6 Å². The summed E-state index contributed by atoms with van der Waals surface area (Å²) in [6.07, 6.45) is 14.7. The molecule has 3 N–H and O–H groups in total. The summed E-state index contributed by atoms with van der Waals surface area (Å²) in [5.74, 6) is -1.63. The first kappa shape index (κ1) is 29.4. The maximum atomic E-state index is 11.0. The van der Waals surface area contributed by atoms with Crippen LogP contribution in [0, 0.1) is 0 Å². The summed E-state index contributed by atoms with van der Waals surface area (Å²) in [6, 6.07) is 9.41. The Balaban J connectivity index is 1.87. The number of pyridine rings is 1. The van der Waals surface area contributed by atoms with Gasteiger partial charge in [0.2, 0.25) is 0 Å². The van der Waals surface area contributed by atoms with Gasteiger partial charge in [-0.25, -0.2) is 14.6 Å². The Morgan fingerprint density at radius 2 is 1.53 bits per heavy atom.